The first-order valence-electron chi connectivity index (χ1n) is 8.80. The molecule has 1 aliphatic carbocycles. The zero-order chi connectivity index (χ0) is 18.0. The average molecular weight is 330 g/mol. The first-order chi connectivity index (χ1) is 12.0. The van der Waals surface area contributed by atoms with Gasteiger partial charge in [-0.25, -0.2) is 0 Å². The van der Waals surface area contributed by atoms with Crippen LogP contribution in [0.3, 0.4) is 0 Å². The molecule has 128 valence electrons. The van der Waals surface area contributed by atoms with Crippen molar-refractivity contribution in [1.29, 1.82) is 0 Å². The minimum absolute atomic E-state index is 1.01. The maximum atomic E-state index is 4.52. The van der Waals surface area contributed by atoms with Crippen LogP contribution in [0.5, 0.6) is 0 Å². The normalized spacial score (nSPS) is 14.4. The smallest absolute Gasteiger partial charge is 0.0620 e. The highest BCUT2D eigenvalue weighted by atomic mass is 15.3. The molecule has 0 spiro atoms. The van der Waals surface area contributed by atoms with Gasteiger partial charge in [-0.05, 0) is 68.9 Å². The Hall–Kier alpha value is -2.61. The topological polar surface area (TPSA) is 24.4 Å². The predicted octanol–water partition coefficient (Wildman–Crippen LogP) is 6.18. The molecule has 0 atom stereocenters. The third kappa shape index (κ3) is 3.58. The summed E-state index contributed by atoms with van der Waals surface area (Å²) >= 11 is 0. The summed E-state index contributed by atoms with van der Waals surface area (Å²) in [5.41, 5.74) is 14.6. The molecule has 0 amide bonds. The number of aryl methyl sites for hydroxylation is 3. The van der Waals surface area contributed by atoms with Crippen molar-refractivity contribution >= 4 is 17.5 Å². The van der Waals surface area contributed by atoms with Gasteiger partial charge in [0.05, 0.1) is 11.9 Å². The molecular formula is C23H26N2. The zero-order valence-electron chi connectivity index (χ0n) is 15.8. The molecule has 1 N–H and O–H groups in total. The van der Waals surface area contributed by atoms with Crippen LogP contribution in [-0.2, 0) is 0 Å². The van der Waals surface area contributed by atoms with Gasteiger partial charge in [0, 0.05) is 5.56 Å². The fourth-order valence-corrected chi connectivity index (χ4v) is 3.52. The van der Waals surface area contributed by atoms with Gasteiger partial charge in [-0.2, -0.15) is 5.10 Å². The van der Waals surface area contributed by atoms with Crippen LogP contribution in [0.25, 0.3) is 5.57 Å². The Kier molecular flexibility index (Phi) is 4.89. The molecule has 0 radical (unpaired) electrons. The van der Waals surface area contributed by atoms with E-state index in [9.17, 15) is 0 Å². The minimum Gasteiger partial charge on any atom is -0.278 e. The van der Waals surface area contributed by atoms with E-state index in [1.807, 2.05) is 6.21 Å². The number of anilines is 1. The van der Waals surface area contributed by atoms with Crippen molar-refractivity contribution in [2.75, 3.05) is 5.43 Å². The molecule has 2 aromatic rings. The van der Waals surface area contributed by atoms with E-state index in [4.69, 9.17) is 0 Å². The number of benzene rings is 2. The van der Waals surface area contributed by atoms with Crippen molar-refractivity contribution in [3.05, 3.63) is 81.4 Å². The second-order valence-corrected chi connectivity index (χ2v) is 6.93. The molecule has 2 nitrogen and oxygen atoms in total. The Bertz CT molecular complexity index is 875. The first-order valence-corrected chi connectivity index (χ1v) is 8.80. The van der Waals surface area contributed by atoms with Gasteiger partial charge in [0.15, 0.2) is 0 Å². The molecule has 0 fully saturated rings. The lowest BCUT2D eigenvalue weighted by Gasteiger charge is -2.11. The standard InChI is InChI=1S/C23H26N2/c1-15-12-17(3)23(18(4)13-15)25-24-14-20-8-6-7-9-22(20)21-11-10-16(2)19(21)5/h6-10,12-14,25H,11H2,1-5H3. The van der Waals surface area contributed by atoms with Crippen molar-refractivity contribution in [2.24, 2.45) is 5.10 Å². The highest BCUT2D eigenvalue weighted by molar-refractivity contribution is 5.91. The summed E-state index contributed by atoms with van der Waals surface area (Å²) in [6.45, 7) is 10.7. The van der Waals surface area contributed by atoms with Gasteiger partial charge in [0.25, 0.3) is 0 Å². The molecule has 0 bridgehead atoms. The maximum Gasteiger partial charge on any atom is 0.0620 e. The summed E-state index contributed by atoms with van der Waals surface area (Å²) in [7, 11) is 0. The molecule has 0 saturated heterocycles. The largest absolute Gasteiger partial charge is 0.278 e. The molecule has 0 unspecified atom stereocenters. The average Bonchev–Trinajstić information content (AvgIpc) is 2.90. The number of hydrogen-bond acceptors (Lipinski definition) is 2. The highest BCUT2D eigenvalue weighted by Crippen LogP contribution is 2.34. The molecule has 0 aromatic heterocycles. The fourth-order valence-electron chi connectivity index (χ4n) is 3.52. The second kappa shape index (κ2) is 7.10. The van der Waals surface area contributed by atoms with E-state index in [0.717, 1.165) is 17.7 Å². The van der Waals surface area contributed by atoms with Gasteiger partial charge in [0.2, 0.25) is 0 Å². The quantitative estimate of drug-likeness (QED) is 0.525. The van der Waals surface area contributed by atoms with Crippen molar-refractivity contribution < 1.29 is 0 Å². The summed E-state index contributed by atoms with van der Waals surface area (Å²) in [6.07, 6.45) is 5.24. The number of nitrogens with one attached hydrogen (secondary N) is 1. The molecule has 25 heavy (non-hydrogen) atoms. The van der Waals surface area contributed by atoms with Gasteiger partial charge in [-0.15, -0.1) is 0 Å². The van der Waals surface area contributed by atoms with E-state index in [1.165, 1.54) is 39.0 Å². The summed E-state index contributed by atoms with van der Waals surface area (Å²) in [5, 5.41) is 4.52. The lowest BCUT2D eigenvalue weighted by molar-refractivity contribution is 1.25. The monoisotopic (exact) mass is 330 g/mol. The van der Waals surface area contributed by atoms with E-state index >= 15 is 0 Å². The lowest BCUT2D eigenvalue weighted by Crippen LogP contribution is -1.98. The first kappa shape index (κ1) is 17.2. The number of hydrogen-bond donors (Lipinski definition) is 1. The summed E-state index contributed by atoms with van der Waals surface area (Å²) in [6, 6.07) is 12.8. The van der Waals surface area contributed by atoms with Crippen LogP contribution in [-0.4, -0.2) is 6.21 Å². The molecule has 0 saturated carbocycles. The van der Waals surface area contributed by atoms with Crippen molar-refractivity contribution in [1.82, 2.24) is 0 Å². The molecule has 2 heteroatoms. The van der Waals surface area contributed by atoms with E-state index in [0.29, 0.717) is 0 Å². The molecule has 3 rings (SSSR count). The number of hydrazone groups is 1. The van der Waals surface area contributed by atoms with Crippen molar-refractivity contribution in [3.63, 3.8) is 0 Å². The Morgan fingerprint density at radius 2 is 1.64 bits per heavy atom. The van der Waals surface area contributed by atoms with Gasteiger partial charge in [-0.1, -0.05) is 53.6 Å². The Labute approximate surface area is 151 Å². The molecule has 0 heterocycles. The van der Waals surface area contributed by atoms with Gasteiger partial charge < -0.3 is 0 Å². The maximum absolute atomic E-state index is 4.52. The van der Waals surface area contributed by atoms with Gasteiger partial charge >= 0.3 is 0 Å². The number of rotatable bonds is 4. The van der Waals surface area contributed by atoms with Crippen LogP contribution in [0.1, 0.15) is 48.1 Å². The van der Waals surface area contributed by atoms with Crippen molar-refractivity contribution in [3.8, 4) is 0 Å². The van der Waals surface area contributed by atoms with Gasteiger partial charge in [-0.3, -0.25) is 5.43 Å². The highest BCUT2D eigenvalue weighted by Gasteiger charge is 2.14. The summed E-state index contributed by atoms with van der Waals surface area (Å²) < 4.78 is 0. The molecule has 1 aliphatic rings. The lowest BCUT2D eigenvalue weighted by atomic mass is 9.96. The molecular weight excluding hydrogens is 304 g/mol. The van der Waals surface area contributed by atoms with E-state index < -0.39 is 0 Å². The number of allylic oxidation sites excluding steroid dienone is 4. The van der Waals surface area contributed by atoms with Crippen LogP contribution in [0.15, 0.2) is 58.7 Å². The third-order valence-corrected chi connectivity index (χ3v) is 5.00. The van der Waals surface area contributed by atoms with Crippen molar-refractivity contribution in [2.45, 2.75) is 41.0 Å². The molecule has 0 aliphatic heterocycles. The van der Waals surface area contributed by atoms with E-state index in [2.05, 4.69) is 87.6 Å². The summed E-state index contributed by atoms with van der Waals surface area (Å²) in [4.78, 5) is 0. The second-order valence-electron chi connectivity index (χ2n) is 6.93. The Morgan fingerprint density at radius 1 is 0.960 bits per heavy atom. The van der Waals surface area contributed by atoms with Crippen LogP contribution < -0.4 is 5.43 Å². The Balaban J connectivity index is 1.87. The fraction of sp³-hybridized carbons (Fsp3) is 0.261. The van der Waals surface area contributed by atoms with Gasteiger partial charge in [0.1, 0.15) is 0 Å². The Morgan fingerprint density at radius 3 is 2.28 bits per heavy atom. The van der Waals surface area contributed by atoms with E-state index in [-0.39, 0.29) is 0 Å². The van der Waals surface area contributed by atoms with Crippen LogP contribution in [0, 0.1) is 20.8 Å². The number of nitrogens with zero attached hydrogens (tertiary/aromatic N) is 1. The predicted molar refractivity (Wildman–Crippen MR) is 109 cm³/mol. The van der Waals surface area contributed by atoms with E-state index in [1.54, 1.807) is 0 Å². The SMILES string of the molecule is CC1=CCC(c2ccccc2C=NNc2c(C)cc(C)cc2C)=C1C. The summed E-state index contributed by atoms with van der Waals surface area (Å²) in [5.74, 6) is 0. The van der Waals surface area contributed by atoms with Crippen LogP contribution in [0.2, 0.25) is 0 Å². The molecule has 2 aromatic carbocycles. The minimum atomic E-state index is 1.01. The van der Waals surface area contributed by atoms with Crippen LogP contribution >= 0.6 is 0 Å². The van der Waals surface area contributed by atoms with Crippen LogP contribution in [0.4, 0.5) is 5.69 Å². The zero-order valence-corrected chi connectivity index (χ0v) is 15.8. The third-order valence-electron chi connectivity index (χ3n) is 5.00.